The molecule has 0 radical (unpaired) electrons. The summed E-state index contributed by atoms with van der Waals surface area (Å²) in [5, 5.41) is 34.5. The van der Waals surface area contributed by atoms with Crippen molar-refractivity contribution >= 4 is 5.71 Å². The highest BCUT2D eigenvalue weighted by Crippen LogP contribution is 2.49. The molecule has 2 aliphatic carbocycles. The van der Waals surface area contributed by atoms with Crippen molar-refractivity contribution in [2.75, 3.05) is 0 Å². The third-order valence-corrected chi connectivity index (χ3v) is 7.44. The minimum absolute atomic E-state index is 0.0195. The van der Waals surface area contributed by atoms with E-state index in [2.05, 4.69) is 36.1 Å². The summed E-state index contributed by atoms with van der Waals surface area (Å²) in [6.07, 6.45) is 11.2. The molecule has 6 heteroatoms. The van der Waals surface area contributed by atoms with Crippen LogP contribution >= 0.6 is 0 Å². The molecule has 0 aliphatic heterocycles. The van der Waals surface area contributed by atoms with Crippen molar-refractivity contribution in [3.8, 4) is 22.6 Å². The Hall–Kier alpha value is -3.28. The minimum atomic E-state index is -0.507. The Balaban J connectivity index is 1.84. The number of aromatic nitrogens is 1. The summed E-state index contributed by atoms with van der Waals surface area (Å²) in [5.74, 6) is 1.09. The van der Waals surface area contributed by atoms with Gasteiger partial charge in [-0.1, -0.05) is 54.4 Å². The molecule has 5 atom stereocenters. The standard InChI is InChI=1S/C27H32N2O4/c1-4-5-20-21-12-15(2)6-11-19(21)16(3)13-22(20)25(29-33)24-26(31)23(14-28-27(24)32)17-7-9-18(30)10-8-17/h4-5,7-10,13-15,19-22,30,33H,6,11-12H2,1-3H3,(H2,28,31,32)/b5-4+,29-25+/t15-,19+,20+,21-,22+/m0/s1. The van der Waals surface area contributed by atoms with Crippen molar-refractivity contribution in [2.45, 2.75) is 40.0 Å². The van der Waals surface area contributed by atoms with Gasteiger partial charge in [0, 0.05) is 17.7 Å². The first-order valence-electron chi connectivity index (χ1n) is 11.6. The lowest BCUT2D eigenvalue weighted by Gasteiger charge is -2.45. The zero-order valence-corrected chi connectivity index (χ0v) is 19.3. The van der Waals surface area contributed by atoms with Gasteiger partial charge in [0.05, 0.1) is 0 Å². The smallest absolute Gasteiger partial charge is 0.261 e. The van der Waals surface area contributed by atoms with Crippen molar-refractivity contribution in [1.82, 2.24) is 4.98 Å². The van der Waals surface area contributed by atoms with Crippen LogP contribution in [0.1, 0.15) is 45.6 Å². The van der Waals surface area contributed by atoms with Crippen LogP contribution in [0.15, 0.2) is 64.2 Å². The van der Waals surface area contributed by atoms with Crippen LogP contribution in [-0.4, -0.2) is 26.1 Å². The van der Waals surface area contributed by atoms with Gasteiger partial charge in [-0.25, -0.2) is 0 Å². The number of phenols is 1. The number of H-pyrrole nitrogens is 1. The number of allylic oxidation sites excluding steroid dienone is 4. The van der Waals surface area contributed by atoms with Crippen LogP contribution in [-0.2, 0) is 0 Å². The van der Waals surface area contributed by atoms with Gasteiger partial charge in [0.15, 0.2) is 0 Å². The normalized spacial score (nSPS) is 27.9. The number of nitrogens with one attached hydrogen (secondary N) is 1. The van der Waals surface area contributed by atoms with Crippen molar-refractivity contribution in [1.29, 1.82) is 0 Å². The van der Waals surface area contributed by atoms with E-state index in [1.165, 1.54) is 30.3 Å². The molecule has 1 aromatic heterocycles. The fraction of sp³-hybridized carbons (Fsp3) is 0.407. The lowest BCUT2D eigenvalue weighted by Crippen LogP contribution is -2.40. The summed E-state index contributed by atoms with van der Waals surface area (Å²) < 4.78 is 0. The largest absolute Gasteiger partial charge is 0.508 e. The Bertz CT molecular complexity index is 1160. The second kappa shape index (κ2) is 9.30. The van der Waals surface area contributed by atoms with Crippen LogP contribution < -0.4 is 5.56 Å². The first-order chi connectivity index (χ1) is 15.8. The monoisotopic (exact) mass is 448 g/mol. The number of phenolic OH excluding ortho intramolecular Hbond substituents is 1. The number of nitrogens with zero attached hydrogens (tertiary/aromatic N) is 1. The van der Waals surface area contributed by atoms with Crippen LogP contribution in [0.25, 0.3) is 11.1 Å². The number of oxime groups is 1. The molecule has 1 aromatic carbocycles. The maximum atomic E-state index is 12.9. The van der Waals surface area contributed by atoms with Crippen molar-refractivity contribution in [3.63, 3.8) is 0 Å². The highest BCUT2D eigenvalue weighted by atomic mass is 16.4. The Morgan fingerprint density at radius 3 is 2.58 bits per heavy atom. The summed E-state index contributed by atoms with van der Waals surface area (Å²) in [7, 11) is 0. The van der Waals surface area contributed by atoms with E-state index in [9.17, 15) is 20.2 Å². The molecular weight excluding hydrogens is 416 g/mol. The second-order valence-electron chi connectivity index (χ2n) is 9.52. The molecule has 6 nitrogen and oxygen atoms in total. The summed E-state index contributed by atoms with van der Waals surface area (Å²) in [6, 6.07) is 6.34. The van der Waals surface area contributed by atoms with Crippen LogP contribution in [0.5, 0.6) is 11.5 Å². The number of hydrogen-bond acceptors (Lipinski definition) is 5. The van der Waals surface area contributed by atoms with Gasteiger partial charge in [-0.15, -0.1) is 0 Å². The third-order valence-electron chi connectivity index (χ3n) is 7.44. The van der Waals surface area contributed by atoms with E-state index in [4.69, 9.17) is 0 Å². The molecule has 0 unspecified atom stereocenters. The SMILES string of the molecule is C/C=C/[C@@H]1[C@H]2C[C@@H](C)CC[C@@H]2C(C)=C[C@H]1/C(=N\O)c1c(O)c(-c2ccc(O)cc2)c[nH]c1=O. The lowest BCUT2D eigenvalue weighted by atomic mass is 9.59. The number of benzene rings is 1. The number of aromatic hydroxyl groups is 2. The molecule has 0 spiro atoms. The highest BCUT2D eigenvalue weighted by Gasteiger charge is 2.43. The first kappa shape index (κ1) is 22.9. The van der Waals surface area contributed by atoms with E-state index in [1.54, 1.807) is 12.1 Å². The molecule has 1 fully saturated rings. The molecule has 4 N–H and O–H groups in total. The molecule has 174 valence electrons. The fourth-order valence-electron chi connectivity index (χ4n) is 5.85. The van der Waals surface area contributed by atoms with Gasteiger partial charge in [0.2, 0.25) is 0 Å². The number of rotatable bonds is 4. The number of pyridine rings is 1. The van der Waals surface area contributed by atoms with Gasteiger partial charge < -0.3 is 20.4 Å². The van der Waals surface area contributed by atoms with Crippen LogP contribution in [0, 0.1) is 29.6 Å². The van der Waals surface area contributed by atoms with Gasteiger partial charge in [-0.05, 0) is 68.1 Å². The molecule has 4 rings (SSSR count). The average molecular weight is 449 g/mol. The van der Waals surface area contributed by atoms with Gasteiger partial charge in [-0.2, -0.15) is 0 Å². The predicted octanol–water partition coefficient (Wildman–Crippen LogP) is 5.45. The van der Waals surface area contributed by atoms with Crippen molar-refractivity contribution in [2.24, 2.45) is 34.7 Å². The van der Waals surface area contributed by atoms with Gasteiger partial charge in [-0.3, -0.25) is 4.79 Å². The molecule has 2 aromatic rings. The highest BCUT2D eigenvalue weighted by molar-refractivity contribution is 6.06. The molecule has 0 bridgehead atoms. The van der Waals surface area contributed by atoms with Gasteiger partial charge in [0.25, 0.3) is 5.56 Å². The Kier molecular flexibility index (Phi) is 6.45. The molecule has 33 heavy (non-hydrogen) atoms. The summed E-state index contributed by atoms with van der Waals surface area (Å²) >= 11 is 0. The molecule has 1 saturated carbocycles. The van der Waals surface area contributed by atoms with Gasteiger partial charge >= 0.3 is 0 Å². The van der Waals surface area contributed by atoms with E-state index < -0.39 is 5.56 Å². The lowest BCUT2D eigenvalue weighted by molar-refractivity contribution is 0.148. The van der Waals surface area contributed by atoms with E-state index in [0.29, 0.717) is 28.9 Å². The van der Waals surface area contributed by atoms with Crippen LogP contribution in [0.2, 0.25) is 0 Å². The Labute approximate surface area is 194 Å². The maximum Gasteiger partial charge on any atom is 0.261 e. The van der Waals surface area contributed by atoms with Crippen molar-refractivity contribution in [3.05, 3.63) is 70.2 Å². The van der Waals surface area contributed by atoms with Crippen LogP contribution in [0.4, 0.5) is 0 Å². The first-order valence-corrected chi connectivity index (χ1v) is 11.6. The predicted molar refractivity (Wildman–Crippen MR) is 130 cm³/mol. The van der Waals surface area contributed by atoms with E-state index in [-0.39, 0.29) is 34.6 Å². The molecule has 0 saturated heterocycles. The molecule has 1 heterocycles. The zero-order valence-electron chi connectivity index (χ0n) is 19.3. The number of aromatic amines is 1. The third kappa shape index (κ3) is 4.22. The molecular formula is C27H32N2O4. The Morgan fingerprint density at radius 2 is 1.91 bits per heavy atom. The molecule has 2 aliphatic rings. The topological polar surface area (TPSA) is 106 Å². The number of fused-ring (bicyclic) bond motifs is 1. The van der Waals surface area contributed by atoms with Crippen LogP contribution in [0.3, 0.4) is 0 Å². The van der Waals surface area contributed by atoms with Gasteiger partial charge in [0.1, 0.15) is 22.8 Å². The number of hydrogen-bond donors (Lipinski definition) is 4. The quantitative estimate of drug-likeness (QED) is 0.216. The van der Waals surface area contributed by atoms with Crippen molar-refractivity contribution < 1.29 is 15.4 Å². The summed E-state index contributed by atoms with van der Waals surface area (Å²) in [4.78, 5) is 15.6. The summed E-state index contributed by atoms with van der Waals surface area (Å²) in [6.45, 7) is 6.39. The Morgan fingerprint density at radius 1 is 1.18 bits per heavy atom. The fourth-order valence-corrected chi connectivity index (χ4v) is 5.85. The minimum Gasteiger partial charge on any atom is -0.508 e. The zero-order chi connectivity index (χ0) is 23.7. The molecule has 0 amide bonds. The van der Waals surface area contributed by atoms with E-state index >= 15 is 0 Å². The average Bonchev–Trinajstić information content (AvgIpc) is 2.79. The van der Waals surface area contributed by atoms with E-state index in [0.717, 1.165) is 12.8 Å². The summed E-state index contributed by atoms with van der Waals surface area (Å²) in [5.41, 5.74) is 1.93. The maximum absolute atomic E-state index is 12.9. The van der Waals surface area contributed by atoms with E-state index in [1.807, 2.05) is 13.0 Å². The second-order valence-corrected chi connectivity index (χ2v) is 9.52.